The monoisotopic (exact) mass is 438 g/mol. The van der Waals surface area contributed by atoms with Crippen molar-refractivity contribution in [2.24, 2.45) is 0 Å². The molecule has 2 heterocycles. The molecule has 4 heteroatoms. The van der Waals surface area contributed by atoms with Crippen LogP contribution in [0, 0.1) is 6.92 Å². The molecular formula is C29H30N2O2. The number of phenols is 1. The minimum Gasteiger partial charge on any atom is -0.507 e. The number of anilines is 1. The summed E-state index contributed by atoms with van der Waals surface area (Å²) >= 11 is 0. The van der Waals surface area contributed by atoms with Crippen molar-refractivity contribution in [3.8, 4) is 16.9 Å². The van der Waals surface area contributed by atoms with Gasteiger partial charge in [-0.2, -0.15) is 0 Å². The Morgan fingerprint density at radius 1 is 0.970 bits per heavy atom. The Hall–Kier alpha value is -3.50. The smallest absolute Gasteiger partial charge is 0.134 e. The minimum absolute atomic E-state index is 0.368. The average molecular weight is 439 g/mol. The third-order valence-electron chi connectivity index (χ3n) is 6.47. The lowest BCUT2D eigenvalue weighted by atomic mass is 9.95. The summed E-state index contributed by atoms with van der Waals surface area (Å²) in [6.45, 7) is 10.5. The van der Waals surface area contributed by atoms with Gasteiger partial charge in [0.05, 0.1) is 0 Å². The Morgan fingerprint density at radius 2 is 1.76 bits per heavy atom. The third-order valence-corrected chi connectivity index (χ3v) is 6.47. The molecule has 33 heavy (non-hydrogen) atoms. The second-order valence-corrected chi connectivity index (χ2v) is 8.85. The molecule has 0 atom stereocenters. The summed E-state index contributed by atoms with van der Waals surface area (Å²) in [5.74, 6) is 1.26. The number of phenolic OH excluding ortho intramolecular Hbond substituents is 1. The number of para-hydroxylation sites is 1. The lowest BCUT2D eigenvalue weighted by Gasteiger charge is -2.36. The molecule has 0 radical (unpaired) electrons. The first kappa shape index (κ1) is 21.4. The summed E-state index contributed by atoms with van der Waals surface area (Å²) < 4.78 is 5.73. The summed E-state index contributed by atoms with van der Waals surface area (Å²) in [5, 5.41) is 12.3. The molecular weight excluding hydrogens is 408 g/mol. The fourth-order valence-corrected chi connectivity index (χ4v) is 4.77. The molecule has 0 amide bonds. The first-order valence-corrected chi connectivity index (χ1v) is 11.6. The van der Waals surface area contributed by atoms with Crippen molar-refractivity contribution in [3.63, 3.8) is 0 Å². The zero-order valence-corrected chi connectivity index (χ0v) is 19.1. The largest absolute Gasteiger partial charge is 0.507 e. The van der Waals surface area contributed by atoms with Gasteiger partial charge in [-0.3, -0.25) is 4.90 Å². The maximum Gasteiger partial charge on any atom is 0.134 e. The van der Waals surface area contributed by atoms with Gasteiger partial charge in [0.2, 0.25) is 0 Å². The van der Waals surface area contributed by atoms with Crippen molar-refractivity contribution in [1.29, 1.82) is 0 Å². The van der Waals surface area contributed by atoms with E-state index in [1.807, 2.05) is 31.2 Å². The van der Waals surface area contributed by atoms with Gasteiger partial charge in [0, 0.05) is 54.9 Å². The Morgan fingerprint density at radius 3 is 2.52 bits per heavy atom. The van der Waals surface area contributed by atoms with Crippen molar-refractivity contribution < 1.29 is 9.52 Å². The van der Waals surface area contributed by atoms with Crippen molar-refractivity contribution in [2.45, 2.75) is 19.9 Å². The molecule has 0 aliphatic carbocycles. The van der Waals surface area contributed by atoms with Gasteiger partial charge in [0.25, 0.3) is 0 Å². The van der Waals surface area contributed by atoms with Gasteiger partial charge in [0.1, 0.15) is 17.1 Å². The topological polar surface area (TPSA) is 39.9 Å². The summed E-state index contributed by atoms with van der Waals surface area (Å²) in [6, 6.07) is 22.9. The molecule has 0 saturated carbocycles. The average Bonchev–Trinajstić information content (AvgIpc) is 3.21. The predicted octanol–water partition coefficient (Wildman–Crippen LogP) is 6.16. The second-order valence-electron chi connectivity index (χ2n) is 8.85. The number of hydrogen-bond acceptors (Lipinski definition) is 4. The summed E-state index contributed by atoms with van der Waals surface area (Å²) in [6.07, 6.45) is 2.69. The van der Waals surface area contributed by atoms with E-state index in [1.165, 1.54) is 11.3 Å². The molecule has 0 unspecified atom stereocenters. The van der Waals surface area contributed by atoms with Crippen molar-refractivity contribution in [1.82, 2.24) is 4.90 Å². The van der Waals surface area contributed by atoms with E-state index in [0.29, 0.717) is 5.75 Å². The van der Waals surface area contributed by atoms with E-state index < -0.39 is 0 Å². The van der Waals surface area contributed by atoms with Crippen LogP contribution in [0.5, 0.6) is 5.75 Å². The van der Waals surface area contributed by atoms with E-state index in [-0.39, 0.29) is 0 Å². The third kappa shape index (κ3) is 4.53. The summed E-state index contributed by atoms with van der Waals surface area (Å²) in [7, 11) is 0. The molecule has 1 N–H and O–H groups in total. The maximum absolute atomic E-state index is 11.3. The SMILES string of the molecule is C=CCc1cc(CN2CCN(c3ccccc3)CC2)c(O)c(-c2ccc3oc(C)cc3c2)c1. The zero-order valence-electron chi connectivity index (χ0n) is 19.1. The number of furan rings is 1. The van der Waals surface area contributed by atoms with Crippen molar-refractivity contribution >= 4 is 16.7 Å². The molecule has 4 aromatic rings. The molecule has 1 aliphatic rings. The Balaban J connectivity index is 1.40. The first-order chi connectivity index (χ1) is 16.1. The number of hydrogen-bond donors (Lipinski definition) is 1. The van der Waals surface area contributed by atoms with Gasteiger partial charge in [-0.05, 0) is 60.9 Å². The van der Waals surface area contributed by atoms with E-state index in [2.05, 4.69) is 64.9 Å². The van der Waals surface area contributed by atoms with Crippen LogP contribution in [0.1, 0.15) is 16.9 Å². The molecule has 4 nitrogen and oxygen atoms in total. The highest BCUT2D eigenvalue weighted by Crippen LogP contribution is 2.36. The maximum atomic E-state index is 11.3. The second kappa shape index (κ2) is 9.16. The zero-order chi connectivity index (χ0) is 22.8. The number of aryl methyl sites for hydroxylation is 1. The molecule has 1 saturated heterocycles. The van der Waals surface area contributed by atoms with Crippen LogP contribution < -0.4 is 4.90 Å². The van der Waals surface area contributed by atoms with Gasteiger partial charge < -0.3 is 14.4 Å². The Labute approximate surface area is 195 Å². The standard InChI is InChI=1S/C29H30N2O2/c1-3-7-22-17-25(20-30-12-14-31(15-13-30)26-8-5-4-6-9-26)29(32)27(18-22)23-10-11-28-24(19-23)16-21(2)33-28/h3-6,8-11,16-19,32H,1,7,12-15,20H2,2H3. The molecule has 5 rings (SSSR count). The van der Waals surface area contributed by atoms with Gasteiger partial charge in [0.15, 0.2) is 0 Å². The van der Waals surface area contributed by atoms with Crippen LogP contribution in [-0.2, 0) is 13.0 Å². The number of piperazine rings is 1. The highest BCUT2D eigenvalue weighted by molar-refractivity contribution is 5.86. The van der Waals surface area contributed by atoms with Gasteiger partial charge in [-0.1, -0.05) is 36.4 Å². The first-order valence-electron chi connectivity index (χ1n) is 11.6. The molecule has 1 fully saturated rings. The fraction of sp³-hybridized carbons (Fsp3) is 0.241. The fourth-order valence-electron chi connectivity index (χ4n) is 4.77. The normalized spacial score (nSPS) is 14.6. The lowest BCUT2D eigenvalue weighted by molar-refractivity contribution is 0.247. The van der Waals surface area contributed by atoms with Crippen LogP contribution in [0.25, 0.3) is 22.1 Å². The van der Waals surface area contributed by atoms with Crippen molar-refractivity contribution in [2.75, 3.05) is 31.1 Å². The number of aromatic hydroxyl groups is 1. The number of rotatable bonds is 6. The van der Waals surface area contributed by atoms with E-state index in [1.54, 1.807) is 0 Å². The van der Waals surface area contributed by atoms with E-state index >= 15 is 0 Å². The van der Waals surface area contributed by atoms with Gasteiger partial charge in [-0.15, -0.1) is 6.58 Å². The summed E-state index contributed by atoms with van der Waals surface area (Å²) in [5.41, 5.74) is 6.16. The Bertz CT molecular complexity index is 1270. The molecule has 1 aromatic heterocycles. The van der Waals surface area contributed by atoms with E-state index in [4.69, 9.17) is 4.42 Å². The molecule has 0 spiro atoms. The quantitative estimate of drug-likeness (QED) is 0.366. The number of fused-ring (bicyclic) bond motifs is 1. The van der Waals surface area contributed by atoms with E-state index in [9.17, 15) is 5.11 Å². The Kier molecular flexibility index (Phi) is 5.93. The number of nitrogens with zero attached hydrogens (tertiary/aromatic N) is 2. The van der Waals surface area contributed by atoms with Crippen LogP contribution in [0.15, 0.2) is 83.8 Å². The molecule has 1 aliphatic heterocycles. The number of benzene rings is 3. The van der Waals surface area contributed by atoms with E-state index in [0.717, 1.165) is 72.6 Å². The molecule has 3 aromatic carbocycles. The van der Waals surface area contributed by atoms with Crippen LogP contribution in [0.4, 0.5) is 5.69 Å². The van der Waals surface area contributed by atoms with Crippen LogP contribution in [0.3, 0.4) is 0 Å². The highest BCUT2D eigenvalue weighted by atomic mass is 16.3. The van der Waals surface area contributed by atoms with Crippen LogP contribution >= 0.6 is 0 Å². The van der Waals surface area contributed by atoms with Crippen molar-refractivity contribution in [3.05, 3.63) is 96.3 Å². The predicted molar refractivity (Wildman–Crippen MR) is 136 cm³/mol. The highest BCUT2D eigenvalue weighted by Gasteiger charge is 2.20. The minimum atomic E-state index is 0.368. The van der Waals surface area contributed by atoms with Gasteiger partial charge >= 0.3 is 0 Å². The van der Waals surface area contributed by atoms with Gasteiger partial charge in [-0.25, -0.2) is 0 Å². The van der Waals surface area contributed by atoms with Crippen LogP contribution in [-0.4, -0.2) is 36.2 Å². The molecule has 168 valence electrons. The van der Waals surface area contributed by atoms with Crippen LogP contribution in [0.2, 0.25) is 0 Å². The lowest BCUT2D eigenvalue weighted by Crippen LogP contribution is -2.45. The summed E-state index contributed by atoms with van der Waals surface area (Å²) in [4.78, 5) is 4.86. The number of allylic oxidation sites excluding steroid dienone is 1. The molecule has 0 bridgehead atoms.